The summed E-state index contributed by atoms with van der Waals surface area (Å²) in [6.45, 7) is 1.65. The van der Waals surface area contributed by atoms with Crippen molar-refractivity contribution in [2.24, 2.45) is 5.92 Å². The Balaban J connectivity index is 2.40. The van der Waals surface area contributed by atoms with Gasteiger partial charge in [0, 0.05) is 6.04 Å². The van der Waals surface area contributed by atoms with Crippen molar-refractivity contribution in [1.29, 1.82) is 0 Å². The molecule has 1 N–H and O–H groups in total. The predicted molar refractivity (Wildman–Crippen MR) is 50.2 cm³/mol. The minimum atomic E-state index is -4.76. The maximum absolute atomic E-state index is 12.0. The van der Waals surface area contributed by atoms with Gasteiger partial charge in [0.15, 0.2) is 0 Å². The summed E-state index contributed by atoms with van der Waals surface area (Å²) in [6, 6.07) is -0.376. The van der Waals surface area contributed by atoms with Crippen molar-refractivity contribution in [1.82, 2.24) is 5.32 Å². The molecule has 0 radical (unpaired) electrons. The van der Waals surface area contributed by atoms with Gasteiger partial charge in [0.2, 0.25) is 0 Å². The second-order valence-corrected chi connectivity index (χ2v) is 4.16. The van der Waals surface area contributed by atoms with Crippen LogP contribution in [-0.2, 0) is 4.79 Å². The first kappa shape index (κ1) is 12.3. The fourth-order valence-electron chi connectivity index (χ4n) is 2.04. The molecule has 0 spiro atoms. The molecular formula is C10H16F3NO. The molecule has 0 saturated heterocycles. The normalized spacial score (nSPS) is 21.1. The molecule has 0 heterocycles. The molecule has 88 valence electrons. The third kappa shape index (κ3) is 3.72. The molecular weight excluding hydrogens is 207 g/mol. The van der Waals surface area contributed by atoms with Crippen LogP contribution >= 0.6 is 0 Å². The average Bonchev–Trinajstić information content (AvgIpc) is 2.17. The lowest BCUT2D eigenvalue weighted by Gasteiger charge is -2.28. The van der Waals surface area contributed by atoms with Crippen LogP contribution in [0, 0.1) is 5.92 Å². The van der Waals surface area contributed by atoms with Crippen molar-refractivity contribution in [2.45, 2.75) is 51.2 Å². The fraction of sp³-hybridized carbons (Fsp3) is 0.900. The zero-order chi connectivity index (χ0) is 11.5. The van der Waals surface area contributed by atoms with Crippen LogP contribution in [0.5, 0.6) is 0 Å². The first-order valence-corrected chi connectivity index (χ1v) is 5.29. The van der Waals surface area contributed by atoms with E-state index in [1.54, 1.807) is 6.92 Å². The molecule has 0 aromatic carbocycles. The number of amides is 1. The molecule has 1 saturated carbocycles. The summed E-state index contributed by atoms with van der Waals surface area (Å²) in [4.78, 5) is 10.7. The molecule has 1 rings (SSSR count). The lowest BCUT2D eigenvalue weighted by atomic mass is 9.84. The van der Waals surface area contributed by atoms with E-state index in [2.05, 4.69) is 0 Å². The lowest BCUT2D eigenvalue weighted by Crippen LogP contribution is -2.45. The second kappa shape index (κ2) is 4.86. The van der Waals surface area contributed by atoms with Crippen LogP contribution in [0.1, 0.15) is 39.0 Å². The van der Waals surface area contributed by atoms with Crippen LogP contribution in [-0.4, -0.2) is 18.1 Å². The highest BCUT2D eigenvalue weighted by Crippen LogP contribution is 2.27. The standard InChI is InChI=1S/C10H16F3NO/c1-7(8-5-3-2-4-6-8)14-9(15)10(11,12)13/h7-8H,2-6H2,1H3,(H,14,15). The van der Waals surface area contributed by atoms with E-state index < -0.39 is 12.1 Å². The highest BCUT2D eigenvalue weighted by Gasteiger charge is 2.40. The molecule has 1 amide bonds. The molecule has 2 nitrogen and oxygen atoms in total. The fourth-order valence-corrected chi connectivity index (χ4v) is 2.04. The maximum atomic E-state index is 12.0. The van der Waals surface area contributed by atoms with Crippen LogP contribution in [0.4, 0.5) is 13.2 Å². The van der Waals surface area contributed by atoms with Gasteiger partial charge in [0.25, 0.3) is 0 Å². The van der Waals surface area contributed by atoms with Gasteiger partial charge >= 0.3 is 12.1 Å². The van der Waals surface area contributed by atoms with Crippen LogP contribution in [0.15, 0.2) is 0 Å². The zero-order valence-corrected chi connectivity index (χ0v) is 8.73. The highest BCUT2D eigenvalue weighted by atomic mass is 19.4. The topological polar surface area (TPSA) is 29.1 Å². The van der Waals surface area contributed by atoms with E-state index >= 15 is 0 Å². The van der Waals surface area contributed by atoms with Crippen LogP contribution < -0.4 is 5.32 Å². The Morgan fingerprint density at radius 1 is 1.27 bits per heavy atom. The molecule has 0 aromatic heterocycles. The summed E-state index contributed by atoms with van der Waals surface area (Å²) in [6.07, 6.45) is 0.325. The Bertz CT molecular complexity index is 221. The van der Waals surface area contributed by atoms with Gasteiger partial charge in [-0.2, -0.15) is 13.2 Å². The van der Waals surface area contributed by atoms with Crippen molar-refractivity contribution in [3.63, 3.8) is 0 Å². The summed E-state index contributed by atoms with van der Waals surface area (Å²) >= 11 is 0. The SMILES string of the molecule is CC(NC(=O)C(F)(F)F)C1CCCCC1. The number of hydrogen-bond donors (Lipinski definition) is 1. The van der Waals surface area contributed by atoms with Gasteiger partial charge in [-0.05, 0) is 25.7 Å². The number of carbonyl (C=O) groups excluding carboxylic acids is 1. The Hall–Kier alpha value is -0.740. The molecule has 0 aliphatic heterocycles. The largest absolute Gasteiger partial charge is 0.471 e. The van der Waals surface area contributed by atoms with E-state index in [9.17, 15) is 18.0 Å². The van der Waals surface area contributed by atoms with E-state index in [1.807, 2.05) is 5.32 Å². The average molecular weight is 223 g/mol. The maximum Gasteiger partial charge on any atom is 0.471 e. The molecule has 15 heavy (non-hydrogen) atoms. The second-order valence-electron chi connectivity index (χ2n) is 4.16. The summed E-state index contributed by atoms with van der Waals surface area (Å²) in [5.74, 6) is -1.62. The van der Waals surface area contributed by atoms with Crippen molar-refractivity contribution < 1.29 is 18.0 Å². The number of rotatable bonds is 2. The number of carbonyl (C=O) groups is 1. The summed E-state index contributed by atoms with van der Waals surface area (Å²) in [5, 5.41) is 2.03. The smallest absolute Gasteiger partial charge is 0.346 e. The molecule has 1 aliphatic carbocycles. The lowest BCUT2D eigenvalue weighted by molar-refractivity contribution is -0.174. The summed E-state index contributed by atoms with van der Waals surface area (Å²) in [7, 11) is 0. The van der Waals surface area contributed by atoms with Gasteiger partial charge in [-0.25, -0.2) is 0 Å². The number of hydrogen-bond acceptors (Lipinski definition) is 1. The number of nitrogens with one attached hydrogen (secondary N) is 1. The van der Waals surface area contributed by atoms with Gasteiger partial charge < -0.3 is 5.32 Å². The van der Waals surface area contributed by atoms with E-state index in [-0.39, 0.29) is 12.0 Å². The highest BCUT2D eigenvalue weighted by molar-refractivity contribution is 5.81. The molecule has 0 bridgehead atoms. The first-order chi connectivity index (χ1) is 6.91. The minimum Gasteiger partial charge on any atom is -0.346 e. The minimum absolute atomic E-state index is 0.199. The molecule has 1 unspecified atom stereocenters. The molecule has 1 fully saturated rings. The van der Waals surface area contributed by atoms with Gasteiger partial charge in [-0.3, -0.25) is 4.79 Å². The molecule has 5 heteroatoms. The third-order valence-electron chi connectivity index (χ3n) is 2.97. The van der Waals surface area contributed by atoms with Crippen molar-refractivity contribution in [2.75, 3.05) is 0 Å². The molecule has 0 aromatic rings. The van der Waals surface area contributed by atoms with E-state index in [0.717, 1.165) is 32.1 Å². The monoisotopic (exact) mass is 223 g/mol. The number of halogens is 3. The van der Waals surface area contributed by atoms with Crippen LogP contribution in [0.2, 0.25) is 0 Å². The Morgan fingerprint density at radius 2 is 1.80 bits per heavy atom. The summed E-state index contributed by atoms with van der Waals surface area (Å²) < 4.78 is 35.9. The Kier molecular flexibility index (Phi) is 3.99. The van der Waals surface area contributed by atoms with Gasteiger partial charge in [0.05, 0.1) is 0 Å². The van der Waals surface area contributed by atoms with Crippen molar-refractivity contribution in [3.05, 3.63) is 0 Å². The van der Waals surface area contributed by atoms with Crippen LogP contribution in [0.25, 0.3) is 0 Å². The predicted octanol–water partition coefficient (Wildman–Crippen LogP) is 2.63. The van der Waals surface area contributed by atoms with E-state index in [0.29, 0.717) is 0 Å². The van der Waals surface area contributed by atoms with Gasteiger partial charge in [-0.15, -0.1) is 0 Å². The molecule has 1 atom stereocenters. The van der Waals surface area contributed by atoms with E-state index in [4.69, 9.17) is 0 Å². The number of alkyl halides is 3. The van der Waals surface area contributed by atoms with Gasteiger partial charge in [0.1, 0.15) is 0 Å². The van der Waals surface area contributed by atoms with Crippen molar-refractivity contribution in [3.8, 4) is 0 Å². The van der Waals surface area contributed by atoms with E-state index in [1.165, 1.54) is 0 Å². The first-order valence-electron chi connectivity index (χ1n) is 5.29. The quantitative estimate of drug-likeness (QED) is 0.766. The molecule has 1 aliphatic rings. The van der Waals surface area contributed by atoms with Crippen LogP contribution in [0.3, 0.4) is 0 Å². The Labute approximate surface area is 87.2 Å². The third-order valence-corrected chi connectivity index (χ3v) is 2.97. The summed E-state index contributed by atoms with van der Waals surface area (Å²) in [5.41, 5.74) is 0. The van der Waals surface area contributed by atoms with Gasteiger partial charge in [-0.1, -0.05) is 19.3 Å². The zero-order valence-electron chi connectivity index (χ0n) is 8.73. The Morgan fingerprint density at radius 3 is 2.27 bits per heavy atom. The van der Waals surface area contributed by atoms with Crippen molar-refractivity contribution >= 4 is 5.91 Å².